The van der Waals surface area contributed by atoms with Crippen molar-refractivity contribution in [3.63, 3.8) is 0 Å². The van der Waals surface area contributed by atoms with Crippen molar-refractivity contribution in [2.45, 2.75) is 38.0 Å². The van der Waals surface area contributed by atoms with Crippen LogP contribution in [0, 0.1) is 9.39 Å². The number of aromatic nitrogens is 3. The van der Waals surface area contributed by atoms with Gasteiger partial charge in [0.25, 0.3) is 0 Å². The standard InChI is InChI=1S/C14H15FIN3/c15-10-6-7-11(12(16)8-10)14-17-13(18-19-14)9-4-2-1-3-5-9/h6-9H,1-5H2,(H,17,18,19). The predicted octanol–water partition coefficient (Wildman–Crippen LogP) is 4.26. The largest absolute Gasteiger partial charge is 0.262 e. The van der Waals surface area contributed by atoms with Crippen LogP contribution in [0.1, 0.15) is 43.8 Å². The van der Waals surface area contributed by atoms with E-state index in [0.29, 0.717) is 11.7 Å². The Bertz CT molecular complexity index is 576. The Morgan fingerprint density at radius 3 is 2.74 bits per heavy atom. The third-order valence-electron chi connectivity index (χ3n) is 3.67. The van der Waals surface area contributed by atoms with Crippen LogP contribution in [0.25, 0.3) is 11.4 Å². The molecule has 2 aromatic rings. The number of halogens is 2. The molecule has 1 aromatic heterocycles. The average Bonchev–Trinajstić information content (AvgIpc) is 2.89. The molecule has 3 rings (SSSR count). The molecule has 1 N–H and O–H groups in total. The van der Waals surface area contributed by atoms with Gasteiger partial charge >= 0.3 is 0 Å². The first kappa shape index (κ1) is 13.0. The molecule has 0 spiro atoms. The van der Waals surface area contributed by atoms with Gasteiger partial charge in [-0.25, -0.2) is 9.37 Å². The van der Waals surface area contributed by atoms with Crippen LogP contribution in [0.2, 0.25) is 0 Å². The molecule has 0 saturated heterocycles. The van der Waals surface area contributed by atoms with E-state index in [1.54, 1.807) is 6.07 Å². The number of rotatable bonds is 2. The van der Waals surface area contributed by atoms with Gasteiger partial charge in [0, 0.05) is 15.1 Å². The lowest BCUT2D eigenvalue weighted by Crippen LogP contribution is -2.06. The number of hydrogen-bond acceptors (Lipinski definition) is 2. The van der Waals surface area contributed by atoms with E-state index in [2.05, 4.69) is 37.8 Å². The Morgan fingerprint density at radius 2 is 2.00 bits per heavy atom. The van der Waals surface area contributed by atoms with Crippen LogP contribution < -0.4 is 0 Å². The number of H-pyrrole nitrogens is 1. The zero-order valence-corrected chi connectivity index (χ0v) is 12.7. The van der Waals surface area contributed by atoms with Crippen molar-refractivity contribution in [1.82, 2.24) is 15.2 Å². The maximum atomic E-state index is 13.1. The molecule has 5 heteroatoms. The van der Waals surface area contributed by atoms with Crippen molar-refractivity contribution in [2.75, 3.05) is 0 Å². The second kappa shape index (κ2) is 5.56. The summed E-state index contributed by atoms with van der Waals surface area (Å²) in [6.45, 7) is 0. The average molecular weight is 371 g/mol. The van der Waals surface area contributed by atoms with Crippen molar-refractivity contribution in [1.29, 1.82) is 0 Å². The second-order valence-electron chi connectivity index (χ2n) is 5.00. The van der Waals surface area contributed by atoms with Crippen LogP contribution in [0.3, 0.4) is 0 Å². The molecule has 1 aliphatic rings. The minimum Gasteiger partial charge on any atom is -0.262 e. The molecule has 0 radical (unpaired) electrons. The number of nitrogens with one attached hydrogen (secondary N) is 1. The molecular weight excluding hydrogens is 356 g/mol. The zero-order valence-electron chi connectivity index (χ0n) is 10.5. The van der Waals surface area contributed by atoms with Gasteiger partial charge in [-0.1, -0.05) is 19.3 Å². The van der Waals surface area contributed by atoms with Crippen LogP contribution in [0.15, 0.2) is 18.2 Å². The van der Waals surface area contributed by atoms with E-state index in [4.69, 9.17) is 0 Å². The molecule has 19 heavy (non-hydrogen) atoms. The Kier molecular flexibility index (Phi) is 3.81. The number of benzene rings is 1. The molecule has 0 bridgehead atoms. The summed E-state index contributed by atoms with van der Waals surface area (Å²) in [7, 11) is 0. The fourth-order valence-corrected chi connectivity index (χ4v) is 3.34. The molecule has 0 atom stereocenters. The predicted molar refractivity (Wildman–Crippen MR) is 80.3 cm³/mol. The highest BCUT2D eigenvalue weighted by molar-refractivity contribution is 14.1. The molecular formula is C14H15FIN3. The lowest BCUT2D eigenvalue weighted by molar-refractivity contribution is 0.429. The highest BCUT2D eigenvalue weighted by Crippen LogP contribution is 2.32. The van der Waals surface area contributed by atoms with Crippen LogP contribution in [-0.2, 0) is 0 Å². The molecule has 0 amide bonds. The maximum absolute atomic E-state index is 13.1. The van der Waals surface area contributed by atoms with Gasteiger partial charge in [-0.2, -0.15) is 5.10 Å². The summed E-state index contributed by atoms with van der Waals surface area (Å²) >= 11 is 2.12. The van der Waals surface area contributed by atoms with Gasteiger partial charge in [0.05, 0.1) is 0 Å². The zero-order chi connectivity index (χ0) is 13.2. The molecule has 100 valence electrons. The van der Waals surface area contributed by atoms with E-state index in [1.807, 2.05) is 0 Å². The Labute approximate surface area is 125 Å². The SMILES string of the molecule is Fc1ccc(-c2n[nH]c(C3CCCCC3)n2)c(I)c1. The molecule has 1 heterocycles. The van der Waals surface area contributed by atoms with Crippen LogP contribution in [0.5, 0.6) is 0 Å². The van der Waals surface area contributed by atoms with E-state index in [9.17, 15) is 4.39 Å². The van der Waals surface area contributed by atoms with Gasteiger partial charge < -0.3 is 0 Å². The molecule has 1 aromatic carbocycles. The number of aromatic amines is 1. The van der Waals surface area contributed by atoms with Gasteiger partial charge in [-0.3, -0.25) is 5.10 Å². The van der Waals surface area contributed by atoms with Crippen molar-refractivity contribution in [2.24, 2.45) is 0 Å². The molecule has 1 saturated carbocycles. The molecule has 1 aliphatic carbocycles. The molecule has 0 unspecified atom stereocenters. The van der Waals surface area contributed by atoms with E-state index in [-0.39, 0.29) is 5.82 Å². The fourth-order valence-electron chi connectivity index (χ4n) is 2.62. The van der Waals surface area contributed by atoms with E-state index < -0.39 is 0 Å². The summed E-state index contributed by atoms with van der Waals surface area (Å²) in [5, 5.41) is 7.35. The van der Waals surface area contributed by atoms with E-state index in [0.717, 1.165) is 15.0 Å². The summed E-state index contributed by atoms with van der Waals surface area (Å²) in [5.74, 6) is 1.93. The first-order valence-corrected chi connectivity index (χ1v) is 7.69. The molecule has 1 fully saturated rings. The van der Waals surface area contributed by atoms with Gasteiger partial charge in [0.2, 0.25) is 0 Å². The van der Waals surface area contributed by atoms with E-state index >= 15 is 0 Å². The summed E-state index contributed by atoms with van der Waals surface area (Å²) in [6, 6.07) is 4.70. The monoisotopic (exact) mass is 371 g/mol. The third kappa shape index (κ3) is 2.80. The Morgan fingerprint density at radius 1 is 1.21 bits per heavy atom. The molecule has 3 nitrogen and oxygen atoms in total. The number of hydrogen-bond donors (Lipinski definition) is 1. The highest BCUT2D eigenvalue weighted by Gasteiger charge is 2.20. The second-order valence-corrected chi connectivity index (χ2v) is 6.17. The van der Waals surface area contributed by atoms with Gasteiger partial charge in [0.15, 0.2) is 5.82 Å². The van der Waals surface area contributed by atoms with Crippen molar-refractivity contribution in [3.8, 4) is 11.4 Å². The van der Waals surface area contributed by atoms with Crippen LogP contribution in [-0.4, -0.2) is 15.2 Å². The number of nitrogens with zero attached hydrogens (tertiary/aromatic N) is 2. The smallest absolute Gasteiger partial charge is 0.182 e. The normalized spacial score (nSPS) is 16.7. The van der Waals surface area contributed by atoms with Gasteiger partial charge in [-0.05, 0) is 53.6 Å². The third-order valence-corrected chi connectivity index (χ3v) is 4.56. The van der Waals surface area contributed by atoms with Crippen molar-refractivity contribution in [3.05, 3.63) is 33.4 Å². The topological polar surface area (TPSA) is 41.6 Å². The van der Waals surface area contributed by atoms with Crippen molar-refractivity contribution < 1.29 is 4.39 Å². The quantitative estimate of drug-likeness (QED) is 0.802. The first-order valence-electron chi connectivity index (χ1n) is 6.62. The lowest BCUT2D eigenvalue weighted by Gasteiger charge is -2.18. The Hall–Kier alpha value is -0.980. The lowest BCUT2D eigenvalue weighted by atomic mass is 9.89. The summed E-state index contributed by atoms with van der Waals surface area (Å²) in [6.07, 6.45) is 6.25. The van der Waals surface area contributed by atoms with Crippen molar-refractivity contribution >= 4 is 22.6 Å². The Balaban J connectivity index is 1.87. The fraction of sp³-hybridized carbons (Fsp3) is 0.429. The summed E-state index contributed by atoms with van der Waals surface area (Å²) in [4.78, 5) is 4.60. The van der Waals surface area contributed by atoms with E-state index in [1.165, 1.54) is 44.2 Å². The van der Waals surface area contributed by atoms with Gasteiger partial charge in [0.1, 0.15) is 11.6 Å². The van der Waals surface area contributed by atoms with Crippen LogP contribution >= 0.6 is 22.6 Å². The van der Waals surface area contributed by atoms with Gasteiger partial charge in [-0.15, -0.1) is 0 Å². The highest BCUT2D eigenvalue weighted by atomic mass is 127. The first-order chi connectivity index (χ1) is 9.24. The van der Waals surface area contributed by atoms with Crippen LogP contribution in [0.4, 0.5) is 4.39 Å². The minimum atomic E-state index is -0.226. The molecule has 0 aliphatic heterocycles. The summed E-state index contributed by atoms with van der Waals surface area (Å²) in [5.41, 5.74) is 0.889. The maximum Gasteiger partial charge on any atom is 0.182 e. The summed E-state index contributed by atoms with van der Waals surface area (Å²) < 4.78 is 13.9. The minimum absolute atomic E-state index is 0.226.